The minimum absolute atomic E-state index is 0.795. The first kappa shape index (κ1) is 14.4. The SMILES string of the molecule is O=C(O)S(c1ccccc1)(c1ccccc1)c1ccccc1. The Morgan fingerprint density at radius 3 is 1.09 bits per heavy atom. The van der Waals surface area contributed by atoms with Gasteiger partial charge in [0.15, 0.2) is 0 Å². The standard InChI is InChI=1S/C19H16O2S/c20-19(21)22(16-10-4-1-5-11-16,17-12-6-2-7-13-17)18-14-8-3-9-15-18/h1-15H,(H,20,21). The Balaban J connectivity index is 2.37. The Bertz CT molecular complexity index is 659. The van der Waals surface area contributed by atoms with Gasteiger partial charge in [0.2, 0.25) is 0 Å². The van der Waals surface area contributed by atoms with Gasteiger partial charge in [-0.2, -0.15) is 0 Å². The van der Waals surface area contributed by atoms with Crippen molar-refractivity contribution in [1.29, 1.82) is 0 Å². The second kappa shape index (κ2) is 6.08. The first-order valence-corrected chi connectivity index (χ1v) is 8.61. The van der Waals surface area contributed by atoms with Gasteiger partial charge in [0.25, 0.3) is 0 Å². The lowest BCUT2D eigenvalue weighted by molar-refractivity contribution is 0.221. The van der Waals surface area contributed by atoms with Crippen LogP contribution < -0.4 is 0 Å². The Morgan fingerprint density at radius 2 is 0.864 bits per heavy atom. The lowest BCUT2D eigenvalue weighted by Gasteiger charge is -2.36. The molecule has 0 amide bonds. The fraction of sp³-hybridized carbons (Fsp3) is 0. The number of carboxylic acid groups (broad SMARTS) is 1. The van der Waals surface area contributed by atoms with Gasteiger partial charge in [-0.25, -0.2) is 4.79 Å². The molecular formula is C19H16O2S. The maximum absolute atomic E-state index is 12.5. The molecule has 3 aromatic carbocycles. The van der Waals surface area contributed by atoms with Crippen LogP contribution in [0.3, 0.4) is 0 Å². The van der Waals surface area contributed by atoms with Gasteiger partial charge in [0, 0.05) is 14.7 Å². The normalized spacial score (nSPS) is 11.8. The molecule has 1 N–H and O–H groups in total. The molecule has 0 spiro atoms. The fourth-order valence-corrected chi connectivity index (χ4v) is 5.70. The van der Waals surface area contributed by atoms with Crippen LogP contribution in [-0.2, 0) is 0 Å². The topological polar surface area (TPSA) is 37.3 Å². The summed E-state index contributed by atoms with van der Waals surface area (Å²) in [7, 11) is -2.33. The minimum Gasteiger partial charge on any atom is -0.473 e. The first-order chi connectivity index (χ1) is 10.8. The maximum atomic E-state index is 12.5. The number of benzene rings is 3. The largest absolute Gasteiger partial charge is 0.473 e. The van der Waals surface area contributed by atoms with E-state index in [2.05, 4.69) is 0 Å². The van der Waals surface area contributed by atoms with E-state index >= 15 is 0 Å². The van der Waals surface area contributed by atoms with E-state index < -0.39 is 15.3 Å². The van der Waals surface area contributed by atoms with E-state index in [0.29, 0.717) is 0 Å². The predicted molar refractivity (Wildman–Crippen MR) is 89.7 cm³/mol. The molecule has 0 unspecified atom stereocenters. The highest BCUT2D eigenvalue weighted by molar-refractivity contribution is 8.45. The summed E-state index contributed by atoms with van der Waals surface area (Å²) in [6.07, 6.45) is 0. The van der Waals surface area contributed by atoms with Gasteiger partial charge < -0.3 is 5.11 Å². The summed E-state index contributed by atoms with van der Waals surface area (Å²) >= 11 is 0. The van der Waals surface area contributed by atoms with Crippen molar-refractivity contribution >= 4 is 15.3 Å². The summed E-state index contributed by atoms with van der Waals surface area (Å²) in [6.45, 7) is 0. The first-order valence-electron chi connectivity index (χ1n) is 6.98. The molecule has 0 saturated carbocycles. The van der Waals surface area contributed by atoms with E-state index in [0.717, 1.165) is 14.7 Å². The van der Waals surface area contributed by atoms with Crippen LogP contribution in [0, 0.1) is 0 Å². The summed E-state index contributed by atoms with van der Waals surface area (Å²) < 4.78 is 0. The van der Waals surface area contributed by atoms with Gasteiger partial charge in [-0.1, -0.05) is 64.6 Å². The number of rotatable bonds is 3. The van der Waals surface area contributed by atoms with Crippen LogP contribution in [0.5, 0.6) is 0 Å². The molecule has 0 bridgehead atoms. The summed E-state index contributed by atoms with van der Waals surface area (Å²) in [5.41, 5.74) is 0. The molecule has 0 aliphatic heterocycles. The summed E-state index contributed by atoms with van der Waals surface area (Å²) in [6, 6.07) is 28.5. The van der Waals surface area contributed by atoms with Gasteiger partial charge in [0.1, 0.15) is 0 Å². The van der Waals surface area contributed by atoms with Crippen molar-refractivity contribution in [3.63, 3.8) is 0 Å². The molecule has 110 valence electrons. The van der Waals surface area contributed by atoms with Crippen molar-refractivity contribution in [2.24, 2.45) is 0 Å². The average Bonchev–Trinajstić information content (AvgIpc) is 2.58. The Morgan fingerprint density at radius 1 is 0.591 bits per heavy atom. The zero-order valence-corrected chi connectivity index (χ0v) is 12.7. The van der Waals surface area contributed by atoms with Crippen molar-refractivity contribution in [3.05, 3.63) is 91.0 Å². The van der Waals surface area contributed by atoms with Gasteiger partial charge in [-0.3, -0.25) is 0 Å². The lowest BCUT2D eigenvalue weighted by atomic mass is 10.4. The van der Waals surface area contributed by atoms with E-state index in [1.807, 2.05) is 91.0 Å². The highest BCUT2D eigenvalue weighted by Crippen LogP contribution is 2.68. The number of hydrogen-bond acceptors (Lipinski definition) is 1. The quantitative estimate of drug-likeness (QED) is 0.679. The zero-order valence-electron chi connectivity index (χ0n) is 11.9. The summed E-state index contributed by atoms with van der Waals surface area (Å²) in [5.74, 6) is 0. The van der Waals surface area contributed by atoms with E-state index in [1.54, 1.807) is 0 Å². The second-order valence-electron chi connectivity index (χ2n) is 4.82. The van der Waals surface area contributed by atoms with Crippen molar-refractivity contribution < 1.29 is 9.90 Å². The number of hydrogen-bond donors (Lipinski definition) is 1. The molecule has 0 radical (unpaired) electrons. The minimum atomic E-state index is -2.33. The second-order valence-corrected chi connectivity index (χ2v) is 7.81. The van der Waals surface area contributed by atoms with E-state index in [-0.39, 0.29) is 0 Å². The third kappa shape index (κ3) is 2.30. The van der Waals surface area contributed by atoms with Gasteiger partial charge in [0.05, 0.1) is 0 Å². The average molecular weight is 308 g/mol. The van der Waals surface area contributed by atoms with E-state index in [1.165, 1.54) is 0 Å². The highest BCUT2D eigenvalue weighted by Gasteiger charge is 2.38. The maximum Gasteiger partial charge on any atom is 0.359 e. The Kier molecular flexibility index (Phi) is 3.98. The molecule has 0 aromatic heterocycles. The molecule has 0 saturated heterocycles. The smallest absolute Gasteiger partial charge is 0.359 e. The molecule has 0 heterocycles. The monoisotopic (exact) mass is 308 g/mol. The molecule has 3 aromatic rings. The Labute approximate surface area is 131 Å². The third-order valence-electron chi connectivity index (χ3n) is 3.55. The van der Waals surface area contributed by atoms with Crippen LogP contribution in [-0.4, -0.2) is 10.4 Å². The van der Waals surface area contributed by atoms with E-state index in [4.69, 9.17) is 0 Å². The highest BCUT2D eigenvalue weighted by atomic mass is 32.3. The van der Waals surface area contributed by atoms with Gasteiger partial charge in [-0.05, 0) is 36.4 Å². The molecule has 0 fully saturated rings. The summed E-state index contributed by atoms with van der Waals surface area (Å²) in [5, 5.41) is 9.43. The molecule has 0 aliphatic rings. The molecule has 22 heavy (non-hydrogen) atoms. The molecule has 2 nitrogen and oxygen atoms in total. The lowest BCUT2D eigenvalue weighted by Crippen LogP contribution is -2.12. The van der Waals surface area contributed by atoms with Crippen LogP contribution in [0.1, 0.15) is 0 Å². The molecule has 3 heteroatoms. The fourth-order valence-electron chi connectivity index (χ4n) is 2.58. The van der Waals surface area contributed by atoms with Crippen LogP contribution in [0.25, 0.3) is 0 Å². The van der Waals surface area contributed by atoms with Crippen molar-refractivity contribution in [2.45, 2.75) is 14.7 Å². The van der Waals surface area contributed by atoms with Crippen LogP contribution in [0.4, 0.5) is 4.79 Å². The molecule has 3 rings (SSSR count). The van der Waals surface area contributed by atoms with Gasteiger partial charge in [-0.15, -0.1) is 0 Å². The van der Waals surface area contributed by atoms with Crippen LogP contribution in [0.2, 0.25) is 0 Å². The van der Waals surface area contributed by atoms with E-state index in [9.17, 15) is 9.90 Å². The van der Waals surface area contributed by atoms with Crippen LogP contribution >= 0.6 is 10.0 Å². The molecule has 0 aliphatic carbocycles. The predicted octanol–water partition coefficient (Wildman–Crippen LogP) is 5.65. The molecular weight excluding hydrogens is 292 g/mol. The van der Waals surface area contributed by atoms with Gasteiger partial charge >= 0.3 is 5.30 Å². The molecule has 0 atom stereocenters. The third-order valence-corrected chi connectivity index (χ3v) is 7.01. The summed E-state index contributed by atoms with van der Waals surface area (Å²) in [4.78, 5) is 15.0. The zero-order chi connectivity index (χ0) is 15.4. The van der Waals surface area contributed by atoms with Crippen molar-refractivity contribution in [2.75, 3.05) is 0 Å². The Hall–Kier alpha value is -2.52. The van der Waals surface area contributed by atoms with Crippen molar-refractivity contribution in [1.82, 2.24) is 0 Å². The number of carbonyl (C=O) groups is 1. The van der Waals surface area contributed by atoms with Crippen molar-refractivity contribution in [3.8, 4) is 0 Å². The van der Waals surface area contributed by atoms with Crippen LogP contribution in [0.15, 0.2) is 106 Å².